The summed E-state index contributed by atoms with van der Waals surface area (Å²) < 4.78 is 11.6. The molecule has 1 aliphatic heterocycles. The summed E-state index contributed by atoms with van der Waals surface area (Å²) in [7, 11) is 1.23. The number of carbonyl (C=O) groups is 3. The number of rotatable bonds is 6. The van der Waals surface area contributed by atoms with Crippen LogP contribution in [-0.2, 0) is 14.3 Å². The first-order valence-corrected chi connectivity index (χ1v) is 9.59. The van der Waals surface area contributed by atoms with Crippen molar-refractivity contribution in [2.45, 2.75) is 31.5 Å². The van der Waals surface area contributed by atoms with Crippen LogP contribution in [0.5, 0.6) is 0 Å². The lowest BCUT2D eigenvalue weighted by molar-refractivity contribution is -0.765. The zero-order valence-corrected chi connectivity index (χ0v) is 17.0. The Bertz CT molecular complexity index is 964. The quantitative estimate of drug-likeness (QED) is 0.367. The van der Waals surface area contributed by atoms with Gasteiger partial charge in [-0.05, 0) is 37.3 Å². The molecule has 2 amide bonds. The predicted molar refractivity (Wildman–Crippen MR) is 107 cm³/mol. The maximum Gasteiger partial charge on any atom is 0.325 e. The first-order chi connectivity index (χ1) is 14.8. The minimum absolute atomic E-state index is 0.239. The summed E-state index contributed by atoms with van der Waals surface area (Å²) in [5.74, 6) is -1.41. The molecule has 3 rings (SSSR count). The zero-order valence-electron chi connectivity index (χ0n) is 17.0. The van der Waals surface area contributed by atoms with Gasteiger partial charge in [-0.15, -0.1) is 0 Å². The summed E-state index contributed by atoms with van der Waals surface area (Å²) in [4.78, 5) is 35.7. The topological polar surface area (TPSA) is 138 Å². The van der Waals surface area contributed by atoms with Crippen LogP contribution in [0.3, 0.4) is 0 Å². The van der Waals surface area contributed by atoms with Crippen LogP contribution in [0.4, 0.5) is 5.69 Å². The number of esters is 1. The molecule has 0 saturated carbocycles. The second kappa shape index (κ2) is 9.65. The van der Waals surface area contributed by atoms with E-state index in [2.05, 4.69) is 15.4 Å². The van der Waals surface area contributed by atoms with E-state index in [9.17, 15) is 24.6 Å². The summed E-state index contributed by atoms with van der Waals surface area (Å²) in [6, 6.07) is 9.38. The largest absolute Gasteiger partial charge is 0.468 e. The van der Waals surface area contributed by atoms with E-state index in [4.69, 9.17) is 4.74 Å². The lowest BCUT2D eigenvalue weighted by Gasteiger charge is -2.11. The van der Waals surface area contributed by atoms with E-state index >= 15 is 0 Å². The fourth-order valence-corrected chi connectivity index (χ4v) is 3.09. The van der Waals surface area contributed by atoms with Gasteiger partial charge in [0, 0.05) is 17.3 Å². The highest BCUT2D eigenvalue weighted by Gasteiger charge is 2.46. The van der Waals surface area contributed by atoms with Crippen LogP contribution in [-0.4, -0.2) is 60.0 Å². The number of nitrogens with zero attached hydrogens (tertiary/aromatic N) is 1. The first-order valence-electron chi connectivity index (χ1n) is 9.59. The number of amides is 2. The van der Waals surface area contributed by atoms with Crippen molar-refractivity contribution in [2.75, 3.05) is 19.0 Å². The average molecular weight is 430 g/mol. The van der Waals surface area contributed by atoms with Crippen molar-refractivity contribution in [3.05, 3.63) is 59.9 Å². The van der Waals surface area contributed by atoms with Gasteiger partial charge in [0.25, 0.3) is 18.0 Å². The summed E-state index contributed by atoms with van der Waals surface area (Å²) >= 11 is 0. The molecule has 2 unspecified atom stereocenters. The molecular formula is C21H24N3O7+. The Morgan fingerprint density at radius 2 is 1.77 bits per heavy atom. The third-order valence-corrected chi connectivity index (χ3v) is 4.88. The van der Waals surface area contributed by atoms with Crippen molar-refractivity contribution in [3.8, 4) is 0 Å². The van der Waals surface area contributed by atoms with Crippen molar-refractivity contribution < 1.29 is 38.6 Å². The maximum atomic E-state index is 12.6. The fourth-order valence-electron chi connectivity index (χ4n) is 3.09. The van der Waals surface area contributed by atoms with E-state index in [1.807, 2.05) is 0 Å². The number of benzene rings is 1. The maximum absolute atomic E-state index is 12.6. The highest BCUT2D eigenvalue weighted by atomic mass is 16.6. The van der Waals surface area contributed by atoms with Crippen LogP contribution in [0.2, 0.25) is 0 Å². The van der Waals surface area contributed by atoms with Gasteiger partial charge < -0.3 is 30.3 Å². The molecule has 1 aliphatic rings. The van der Waals surface area contributed by atoms with Crippen LogP contribution in [0.25, 0.3) is 0 Å². The monoisotopic (exact) mass is 430 g/mol. The molecule has 2 heterocycles. The van der Waals surface area contributed by atoms with E-state index in [1.165, 1.54) is 30.0 Å². The van der Waals surface area contributed by atoms with Gasteiger partial charge >= 0.3 is 5.97 Å². The van der Waals surface area contributed by atoms with Crippen LogP contribution >= 0.6 is 0 Å². The Morgan fingerprint density at radius 3 is 2.39 bits per heavy atom. The predicted octanol–water partition coefficient (Wildman–Crippen LogP) is -0.232. The lowest BCUT2D eigenvalue weighted by atomic mass is 10.1. The van der Waals surface area contributed by atoms with Gasteiger partial charge in [0.1, 0.15) is 18.2 Å². The van der Waals surface area contributed by atoms with E-state index in [-0.39, 0.29) is 6.54 Å². The Morgan fingerprint density at radius 1 is 1.06 bits per heavy atom. The molecule has 31 heavy (non-hydrogen) atoms. The SMILES string of the molecule is COC(=O)CNC(=O)c1ccc(NC(=O)c2ccc[n+](C3OC(C)[C@@H](O)[C@H]3O)c2)cc1. The summed E-state index contributed by atoms with van der Waals surface area (Å²) in [6.45, 7) is 1.42. The minimum Gasteiger partial charge on any atom is -0.468 e. The van der Waals surface area contributed by atoms with Gasteiger partial charge in [0.15, 0.2) is 18.5 Å². The number of carbonyl (C=O) groups excluding carboxylic acids is 3. The number of aliphatic hydroxyl groups excluding tert-OH is 2. The fraction of sp³-hybridized carbons (Fsp3) is 0.333. The Kier molecular flexibility index (Phi) is 6.95. The number of methoxy groups -OCH3 is 1. The lowest BCUT2D eigenvalue weighted by Crippen LogP contribution is -2.46. The van der Waals surface area contributed by atoms with Gasteiger partial charge in [-0.1, -0.05) is 0 Å². The number of pyridine rings is 1. The molecule has 4 atom stereocenters. The van der Waals surface area contributed by atoms with Gasteiger partial charge in [-0.25, -0.2) is 0 Å². The van der Waals surface area contributed by atoms with E-state index < -0.39 is 42.3 Å². The second-order valence-corrected chi connectivity index (χ2v) is 7.04. The highest BCUT2D eigenvalue weighted by molar-refractivity contribution is 6.04. The molecule has 1 fully saturated rings. The third kappa shape index (κ3) is 5.23. The molecule has 164 valence electrons. The molecule has 0 radical (unpaired) electrons. The van der Waals surface area contributed by atoms with Gasteiger partial charge in [0.05, 0.1) is 13.2 Å². The minimum atomic E-state index is -1.11. The number of hydrogen-bond donors (Lipinski definition) is 4. The molecule has 10 nitrogen and oxygen atoms in total. The molecule has 10 heteroatoms. The standard InChI is InChI=1S/C21H23N3O7/c1-12-17(26)18(27)21(31-12)24-9-3-4-14(11-24)20(29)23-15-7-5-13(6-8-15)19(28)22-10-16(25)30-2/h3-9,11-12,17-18,21,26-27H,10H2,1-2H3,(H-,22,23,28,29)/p+1/t12?,17-,18-,21?/m1/s1. The Labute approximate surface area is 178 Å². The van der Waals surface area contributed by atoms with Crippen molar-refractivity contribution in [1.82, 2.24) is 5.32 Å². The molecule has 0 aliphatic carbocycles. The van der Waals surface area contributed by atoms with Gasteiger partial charge in [0.2, 0.25) is 0 Å². The van der Waals surface area contributed by atoms with Crippen molar-refractivity contribution in [2.24, 2.45) is 0 Å². The molecule has 0 bridgehead atoms. The zero-order chi connectivity index (χ0) is 22.5. The number of aromatic nitrogens is 1. The summed E-state index contributed by atoms with van der Waals surface area (Å²) in [6.07, 6.45) is -0.317. The normalized spacial score (nSPS) is 22.6. The Balaban J connectivity index is 1.64. The smallest absolute Gasteiger partial charge is 0.325 e. The molecular weight excluding hydrogens is 406 g/mol. The number of hydrogen-bond acceptors (Lipinski definition) is 7. The molecule has 1 saturated heterocycles. The molecule has 1 aromatic carbocycles. The average Bonchev–Trinajstić information content (AvgIpc) is 3.05. The number of nitrogens with one attached hydrogen (secondary N) is 2. The van der Waals surface area contributed by atoms with Gasteiger partial charge in [-0.2, -0.15) is 4.57 Å². The van der Waals surface area contributed by atoms with Crippen molar-refractivity contribution in [1.29, 1.82) is 0 Å². The van der Waals surface area contributed by atoms with Crippen molar-refractivity contribution in [3.63, 3.8) is 0 Å². The van der Waals surface area contributed by atoms with Crippen molar-refractivity contribution >= 4 is 23.5 Å². The van der Waals surface area contributed by atoms with Crippen LogP contribution in [0.15, 0.2) is 48.8 Å². The molecule has 2 aromatic rings. The first kappa shape index (κ1) is 22.3. The van der Waals surface area contributed by atoms with E-state index in [0.717, 1.165) is 0 Å². The molecule has 1 aromatic heterocycles. The van der Waals surface area contributed by atoms with Crippen LogP contribution < -0.4 is 15.2 Å². The number of ether oxygens (including phenoxy) is 2. The summed E-state index contributed by atoms with van der Waals surface area (Å²) in [5, 5.41) is 25.2. The Hall–Kier alpha value is -3.34. The second-order valence-electron chi connectivity index (χ2n) is 7.04. The molecule has 0 spiro atoms. The van der Waals surface area contributed by atoms with Crippen LogP contribution in [0, 0.1) is 0 Å². The number of anilines is 1. The summed E-state index contributed by atoms with van der Waals surface area (Å²) in [5.41, 5.74) is 1.10. The van der Waals surface area contributed by atoms with Gasteiger partial charge in [-0.3, -0.25) is 14.4 Å². The third-order valence-electron chi connectivity index (χ3n) is 4.88. The molecule has 4 N–H and O–H groups in total. The highest BCUT2D eigenvalue weighted by Crippen LogP contribution is 2.25. The number of aliphatic hydroxyl groups is 2. The van der Waals surface area contributed by atoms with E-state index in [1.54, 1.807) is 37.4 Å². The van der Waals surface area contributed by atoms with Crippen LogP contribution in [0.1, 0.15) is 33.9 Å². The van der Waals surface area contributed by atoms with E-state index in [0.29, 0.717) is 16.8 Å².